The van der Waals surface area contributed by atoms with Crippen molar-refractivity contribution in [2.75, 3.05) is 11.9 Å². The number of benzene rings is 2. The van der Waals surface area contributed by atoms with Crippen LogP contribution in [0, 0.1) is 0 Å². The number of ether oxygens (including phenoxy) is 2. The van der Waals surface area contributed by atoms with Gasteiger partial charge in [-0.05, 0) is 48.2 Å². The molecule has 2 rings (SSSR count). The molecule has 0 atom stereocenters. The number of hydrogen-bond acceptors (Lipinski definition) is 3. The fourth-order valence-electron chi connectivity index (χ4n) is 2.55. The smallest absolute Gasteiger partial charge is 0.387 e. The molecule has 0 fully saturated rings. The number of amides is 1. The minimum absolute atomic E-state index is 0.0423. The number of para-hydroxylation sites is 1. The van der Waals surface area contributed by atoms with Gasteiger partial charge in [0.1, 0.15) is 0 Å². The topological polar surface area (TPSA) is 47.6 Å². The summed E-state index contributed by atoms with van der Waals surface area (Å²) in [6.45, 7) is 3.23. The van der Waals surface area contributed by atoms with Gasteiger partial charge in [-0.15, -0.1) is 0 Å². The number of hydrogen-bond donors (Lipinski definition) is 1. The van der Waals surface area contributed by atoms with Crippen LogP contribution in [0.4, 0.5) is 14.5 Å². The molecule has 0 radical (unpaired) electrons. The van der Waals surface area contributed by atoms with Crippen molar-refractivity contribution in [3.8, 4) is 11.5 Å². The van der Waals surface area contributed by atoms with Crippen molar-refractivity contribution in [3.63, 3.8) is 0 Å². The maximum atomic E-state index is 12.4. The summed E-state index contributed by atoms with van der Waals surface area (Å²) in [6.07, 6.45) is 2.97. The van der Waals surface area contributed by atoms with Gasteiger partial charge in [0.05, 0.1) is 6.61 Å². The average molecular weight is 375 g/mol. The van der Waals surface area contributed by atoms with Crippen LogP contribution in [-0.4, -0.2) is 19.1 Å². The molecule has 0 aliphatic carbocycles. The lowest BCUT2D eigenvalue weighted by Crippen LogP contribution is -2.10. The summed E-state index contributed by atoms with van der Waals surface area (Å²) in [4.78, 5) is 12.2. The van der Waals surface area contributed by atoms with Gasteiger partial charge in [0, 0.05) is 11.8 Å². The predicted molar refractivity (Wildman–Crippen MR) is 102 cm³/mol. The quantitative estimate of drug-likeness (QED) is 0.623. The van der Waals surface area contributed by atoms with Crippen molar-refractivity contribution in [1.82, 2.24) is 0 Å². The highest BCUT2D eigenvalue weighted by molar-refractivity contribution is 6.02. The Morgan fingerprint density at radius 1 is 1.15 bits per heavy atom. The van der Waals surface area contributed by atoms with Crippen molar-refractivity contribution in [3.05, 3.63) is 59.7 Å². The fraction of sp³-hybridized carbons (Fsp3) is 0.286. The Balaban J connectivity index is 2.13. The fourth-order valence-corrected chi connectivity index (χ4v) is 2.55. The monoisotopic (exact) mass is 375 g/mol. The molecule has 0 bridgehead atoms. The molecule has 0 spiro atoms. The first kappa shape index (κ1) is 20.4. The molecule has 0 heterocycles. The summed E-state index contributed by atoms with van der Waals surface area (Å²) in [5.41, 5.74) is 2.44. The number of rotatable bonds is 8. The molecule has 0 aliphatic heterocycles. The minimum atomic E-state index is -2.93. The first-order valence-corrected chi connectivity index (χ1v) is 8.70. The van der Waals surface area contributed by atoms with Gasteiger partial charge in [0.15, 0.2) is 11.5 Å². The van der Waals surface area contributed by atoms with E-state index in [1.807, 2.05) is 24.3 Å². The van der Waals surface area contributed by atoms with E-state index in [0.717, 1.165) is 11.3 Å². The number of anilines is 1. The minimum Gasteiger partial charge on any atom is -0.490 e. The first-order chi connectivity index (χ1) is 12.9. The second-order valence-electron chi connectivity index (χ2n) is 6.08. The third-order valence-corrected chi connectivity index (χ3v) is 3.75. The van der Waals surface area contributed by atoms with Gasteiger partial charge in [0.2, 0.25) is 5.91 Å². The summed E-state index contributed by atoms with van der Waals surface area (Å²) in [7, 11) is 0. The van der Waals surface area contributed by atoms with Crippen molar-refractivity contribution >= 4 is 17.7 Å². The molecule has 0 aromatic heterocycles. The van der Waals surface area contributed by atoms with Crippen LogP contribution in [0.25, 0.3) is 6.08 Å². The second-order valence-corrected chi connectivity index (χ2v) is 6.08. The zero-order chi connectivity index (χ0) is 19.8. The molecule has 6 heteroatoms. The summed E-state index contributed by atoms with van der Waals surface area (Å²) >= 11 is 0. The maximum absolute atomic E-state index is 12.4. The number of carbonyl (C=O) groups is 1. The second kappa shape index (κ2) is 9.71. The third-order valence-electron chi connectivity index (χ3n) is 3.75. The molecule has 0 saturated carbocycles. The Kier molecular flexibility index (Phi) is 7.34. The summed E-state index contributed by atoms with van der Waals surface area (Å²) in [5, 5.41) is 2.86. The Labute approximate surface area is 157 Å². The van der Waals surface area contributed by atoms with E-state index in [-0.39, 0.29) is 23.3 Å². The SMILES string of the molecule is CCOc1cc(/C=C/C(=O)Nc2ccccc2C(C)C)ccc1OC(F)F. The van der Waals surface area contributed by atoms with E-state index >= 15 is 0 Å². The lowest BCUT2D eigenvalue weighted by Gasteiger charge is -2.12. The molecule has 0 unspecified atom stereocenters. The highest BCUT2D eigenvalue weighted by Crippen LogP contribution is 2.30. The number of nitrogens with one attached hydrogen (secondary N) is 1. The molecule has 1 N–H and O–H groups in total. The van der Waals surface area contributed by atoms with E-state index < -0.39 is 6.61 Å². The largest absolute Gasteiger partial charge is 0.490 e. The van der Waals surface area contributed by atoms with Gasteiger partial charge in [-0.2, -0.15) is 8.78 Å². The van der Waals surface area contributed by atoms with Crippen LogP contribution in [0.1, 0.15) is 37.8 Å². The van der Waals surface area contributed by atoms with E-state index in [9.17, 15) is 13.6 Å². The zero-order valence-electron chi connectivity index (χ0n) is 15.5. The Morgan fingerprint density at radius 2 is 1.89 bits per heavy atom. The molecule has 2 aromatic rings. The van der Waals surface area contributed by atoms with E-state index in [0.29, 0.717) is 12.2 Å². The van der Waals surface area contributed by atoms with Gasteiger partial charge >= 0.3 is 6.61 Å². The molecular formula is C21H23F2NO3. The predicted octanol–water partition coefficient (Wildman–Crippen LogP) is 5.46. The summed E-state index contributed by atoms with van der Waals surface area (Å²) < 4.78 is 34.7. The van der Waals surface area contributed by atoms with Gasteiger partial charge in [-0.1, -0.05) is 38.1 Å². The normalized spacial score (nSPS) is 11.2. The number of halogens is 2. The zero-order valence-corrected chi connectivity index (χ0v) is 15.5. The average Bonchev–Trinajstić information content (AvgIpc) is 2.62. The van der Waals surface area contributed by atoms with Crippen LogP contribution in [0.2, 0.25) is 0 Å². The van der Waals surface area contributed by atoms with E-state index in [2.05, 4.69) is 23.9 Å². The molecule has 4 nitrogen and oxygen atoms in total. The van der Waals surface area contributed by atoms with Crippen molar-refractivity contribution in [2.24, 2.45) is 0 Å². The highest BCUT2D eigenvalue weighted by atomic mass is 19.3. The molecule has 0 saturated heterocycles. The van der Waals surface area contributed by atoms with Crippen LogP contribution in [0.15, 0.2) is 48.5 Å². The molecule has 2 aromatic carbocycles. The Morgan fingerprint density at radius 3 is 2.56 bits per heavy atom. The molecule has 1 amide bonds. The molecular weight excluding hydrogens is 352 g/mol. The van der Waals surface area contributed by atoms with Crippen molar-refractivity contribution in [1.29, 1.82) is 0 Å². The van der Waals surface area contributed by atoms with Crippen LogP contribution in [0.5, 0.6) is 11.5 Å². The number of carbonyl (C=O) groups excluding carboxylic acids is 1. The van der Waals surface area contributed by atoms with Gasteiger partial charge < -0.3 is 14.8 Å². The number of alkyl halides is 2. The van der Waals surface area contributed by atoms with Crippen LogP contribution in [0.3, 0.4) is 0 Å². The summed E-state index contributed by atoms with van der Waals surface area (Å²) in [6, 6.07) is 12.1. The van der Waals surface area contributed by atoms with E-state index in [4.69, 9.17) is 4.74 Å². The molecule has 27 heavy (non-hydrogen) atoms. The molecule has 144 valence electrons. The lowest BCUT2D eigenvalue weighted by atomic mass is 10.0. The molecule has 0 aliphatic rings. The Bertz CT molecular complexity index is 804. The van der Waals surface area contributed by atoms with Gasteiger partial charge in [0.25, 0.3) is 0 Å². The maximum Gasteiger partial charge on any atom is 0.387 e. The van der Waals surface area contributed by atoms with E-state index in [1.165, 1.54) is 12.1 Å². The lowest BCUT2D eigenvalue weighted by molar-refractivity contribution is -0.111. The van der Waals surface area contributed by atoms with Crippen LogP contribution < -0.4 is 14.8 Å². The summed E-state index contributed by atoms with van der Waals surface area (Å²) in [5.74, 6) is 0.153. The third kappa shape index (κ3) is 6.09. The van der Waals surface area contributed by atoms with Crippen LogP contribution >= 0.6 is 0 Å². The van der Waals surface area contributed by atoms with Gasteiger partial charge in [-0.3, -0.25) is 4.79 Å². The van der Waals surface area contributed by atoms with Crippen molar-refractivity contribution < 1.29 is 23.0 Å². The first-order valence-electron chi connectivity index (χ1n) is 8.70. The Hall–Kier alpha value is -2.89. The van der Waals surface area contributed by atoms with Crippen LogP contribution in [-0.2, 0) is 4.79 Å². The van der Waals surface area contributed by atoms with Gasteiger partial charge in [-0.25, -0.2) is 0 Å². The van der Waals surface area contributed by atoms with Crippen molar-refractivity contribution in [2.45, 2.75) is 33.3 Å². The highest BCUT2D eigenvalue weighted by Gasteiger charge is 2.11. The van der Waals surface area contributed by atoms with E-state index in [1.54, 1.807) is 25.1 Å². The standard InChI is InChI=1S/C21H23F2NO3/c1-4-26-19-13-15(9-11-18(19)27-21(22)23)10-12-20(25)24-17-8-6-5-7-16(17)14(2)3/h5-14,21H,4H2,1-3H3,(H,24,25)/b12-10+.